The van der Waals surface area contributed by atoms with Gasteiger partial charge in [-0.05, 0) is 24.5 Å². The molecule has 0 spiro atoms. The number of hydrogen-bond acceptors (Lipinski definition) is 2. The molecule has 5 heteroatoms. The Bertz CT molecular complexity index is 543. The number of hydrogen-bond donors (Lipinski definition) is 2. The molecule has 0 saturated heterocycles. The molecule has 96 valence electrons. The Morgan fingerprint density at radius 3 is 2.78 bits per heavy atom. The lowest BCUT2D eigenvalue weighted by Gasteiger charge is -2.09. The molecule has 0 atom stereocenters. The van der Waals surface area contributed by atoms with Crippen molar-refractivity contribution >= 4 is 17.4 Å². The molecule has 18 heavy (non-hydrogen) atoms. The number of H-pyrrole nitrogens is 1. The maximum Gasteiger partial charge on any atom is 0.149 e. The standard InChI is InChI=1S/C13H15ClFN3/c1-7(2)6-8-12(17-18-13(8)16)11-9(14)4-3-5-10(11)15/h3-5,7H,6H2,1-2H3,(H3,16,17,18). The number of aromatic nitrogens is 2. The van der Waals surface area contributed by atoms with Gasteiger partial charge in [0.1, 0.15) is 11.6 Å². The second-order valence-corrected chi connectivity index (χ2v) is 5.06. The number of halogens is 2. The van der Waals surface area contributed by atoms with E-state index in [2.05, 4.69) is 24.0 Å². The first-order valence-electron chi connectivity index (χ1n) is 5.77. The van der Waals surface area contributed by atoms with Crippen LogP contribution < -0.4 is 5.73 Å². The third kappa shape index (κ3) is 2.34. The molecule has 1 aromatic heterocycles. The van der Waals surface area contributed by atoms with Crippen molar-refractivity contribution in [2.24, 2.45) is 5.92 Å². The molecule has 1 aromatic carbocycles. The molecule has 0 aliphatic rings. The zero-order chi connectivity index (χ0) is 13.3. The lowest BCUT2D eigenvalue weighted by atomic mass is 9.99. The Balaban J connectivity index is 2.58. The van der Waals surface area contributed by atoms with E-state index >= 15 is 0 Å². The highest BCUT2D eigenvalue weighted by atomic mass is 35.5. The number of nitrogens with zero attached hydrogens (tertiary/aromatic N) is 1. The summed E-state index contributed by atoms with van der Waals surface area (Å²) < 4.78 is 13.9. The summed E-state index contributed by atoms with van der Waals surface area (Å²) in [5.74, 6) is 0.420. The third-order valence-electron chi connectivity index (χ3n) is 2.72. The number of nitrogens with one attached hydrogen (secondary N) is 1. The molecule has 3 nitrogen and oxygen atoms in total. The highest BCUT2D eigenvalue weighted by Gasteiger charge is 2.19. The average molecular weight is 268 g/mol. The SMILES string of the molecule is CC(C)Cc1c(N)n[nH]c1-c1c(F)cccc1Cl. The predicted octanol–water partition coefficient (Wildman–Crippen LogP) is 3.65. The molecular formula is C13H15ClFN3. The van der Waals surface area contributed by atoms with Crippen LogP contribution in [0.5, 0.6) is 0 Å². The first-order chi connectivity index (χ1) is 8.50. The van der Waals surface area contributed by atoms with Gasteiger partial charge >= 0.3 is 0 Å². The molecule has 0 amide bonds. The first kappa shape index (κ1) is 12.9. The smallest absolute Gasteiger partial charge is 0.149 e. The molecule has 2 aromatic rings. The predicted molar refractivity (Wildman–Crippen MR) is 71.9 cm³/mol. The summed E-state index contributed by atoms with van der Waals surface area (Å²) in [6.45, 7) is 4.14. The second-order valence-electron chi connectivity index (χ2n) is 4.66. The Morgan fingerprint density at radius 1 is 1.44 bits per heavy atom. The van der Waals surface area contributed by atoms with E-state index in [1.165, 1.54) is 6.07 Å². The van der Waals surface area contributed by atoms with Gasteiger partial charge in [-0.25, -0.2) is 4.39 Å². The number of benzene rings is 1. The first-order valence-corrected chi connectivity index (χ1v) is 6.15. The molecule has 3 N–H and O–H groups in total. The zero-order valence-corrected chi connectivity index (χ0v) is 11.1. The fourth-order valence-electron chi connectivity index (χ4n) is 1.94. The topological polar surface area (TPSA) is 54.7 Å². The third-order valence-corrected chi connectivity index (χ3v) is 3.04. The van der Waals surface area contributed by atoms with Crippen LogP contribution in [0.3, 0.4) is 0 Å². The van der Waals surface area contributed by atoms with Crippen LogP contribution in [0.4, 0.5) is 10.2 Å². The normalized spacial score (nSPS) is 11.2. The number of anilines is 1. The Kier molecular flexibility index (Phi) is 3.57. The van der Waals surface area contributed by atoms with Gasteiger partial charge < -0.3 is 5.73 Å². The van der Waals surface area contributed by atoms with E-state index in [0.717, 1.165) is 12.0 Å². The fraction of sp³-hybridized carbons (Fsp3) is 0.308. The van der Waals surface area contributed by atoms with E-state index in [4.69, 9.17) is 17.3 Å². The quantitative estimate of drug-likeness (QED) is 0.892. The largest absolute Gasteiger partial charge is 0.382 e. The van der Waals surface area contributed by atoms with E-state index < -0.39 is 0 Å². The van der Waals surface area contributed by atoms with Crippen molar-refractivity contribution in [1.29, 1.82) is 0 Å². The molecule has 0 fully saturated rings. The molecule has 2 rings (SSSR count). The molecule has 0 unspecified atom stereocenters. The van der Waals surface area contributed by atoms with Crippen LogP contribution in [-0.4, -0.2) is 10.2 Å². The highest BCUT2D eigenvalue weighted by Crippen LogP contribution is 2.34. The summed E-state index contributed by atoms with van der Waals surface area (Å²) in [6.07, 6.45) is 0.725. The van der Waals surface area contributed by atoms with E-state index in [9.17, 15) is 4.39 Å². The summed E-state index contributed by atoms with van der Waals surface area (Å²) in [4.78, 5) is 0. The second kappa shape index (κ2) is 4.98. The van der Waals surface area contributed by atoms with Gasteiger partial charge in [-0.15, -0.1) is 0 Å². The molecule has 0 aliphatic heterocycles. The van der Waals surface area contributed by atoms with Crippen molar-refractivity contribution in [2.45, 2.75) is 20.3 Å². The lowest BCUT2D eigenvalue weighted by Crippen LogP contribution is -2.00. The van der Waals surface area contributed by atoms with Gasteiger partial charge in [0.2, 0.25) is 0 Å². The number of aromatic amines is 1. The highest BCUT2D eigenvalue weighted by molar-refractivity contribution is 6.33. The van der Waals surface area contributed by atoms with Crippen molar-refractivity contribution in [2.75, 3.05) is 5.73 Å². The monoisotopic (exact) mass is 267 g/mol. The summed E-state index contributed by atoms with van der Waals surface area (Å²) in [5, 5.41) is 7.08. The Labute approximate surface area is 110 Å². The number of rotatable bonds is 3. The minimum Gasteiger partial charge on any atom is -0.382 e. The Morgan fingerprint density at radius 2 is 2.17 bits per heavy atom. The van der Waals surface area contributed by atoms with Crippen molar-refractivity contribution in [3.05, 3.63) is 34.6 Å². The summed E-state index contributed by atoms with van der Waals surface area (Å²) in [7, 11) is 0. The summed E-state index contributed by atoms with van der Waals surface area (Å²) >= 11 is 6.05. The maximum absolute atomic E-state index is 13.9. The van der Waals surface area contributed by atoms with Gasteiger partial charge in [0.25, 0.3) is 0 Å². The van der Waals surface area contributed by atoms with Crippen LogP contribution in [-0.2, 0) is 6.42 Å². The van der Waals surface area contributed by atoms with Gasteiger partial charge in [-0.1, -0.05) is 31.5 Å². The van der Waals surface area contributed by atoms with Gasteiger partial charge in [0, 0.05) is 5.56 Å². The lowest BCUT2D eigenvalue weighted by molar-refractivity contribution is 0.628. The van der Waals surface area contributed by atoms with Crippen LogP contribution in [0.1, 0.15) is 19.4 Å². The van der Waals surface area contributed by atoms with Crippen LogP contribution in [0.15, 0.2) is 18.2 Å². The van der Waals surface area contributed by atoms with E-state index in [0.29, 0.717) is 28.0 Å². The zero-order valence-electron chi connectivity index (χ0n) is 10.3. The van der Waals surface area contributed by atoms with E-state index in [-0.39, 0.29) is 5.82 Å². The van der Waals surface area contributed by atoms with Gasteiger partial charge in [-0.2, -0.15) is 5.10 Å². The fourth-order valence-corrected chi connectivity index (χ4v) is 2.19. The molecular weight excluding hydrogens is 253 g/mol. The summed E-state index contributed by atoms with van der Waals surface area (Å²) in [5.41, 5.74) is 7.54. The van der Waals surface area contributed by atoms with Crippen LogP contribution in [0.2, 0.25) is 5.02 Å². The van der Waals surface area contributed by atoms with Crippen molar-refractivity contribution in [3.63, 3.8) is 0 Å². The van der Waals surface area contributed by atoms with Crippen molar-refractivity contribution in [1.82, 2.24) is 10.2 Å². The maximum atomic E-state index is 13.9. The molecule has 1 heterocycles. The number of nitrogens with two attached hydrogens (primary N) is 1. The van der Waals surface area contributed by atoms with E-state index in [1.807, 2.05) is 0 Å². The molecule has 0 saturated carbocycles. The van der Waals surface area contributed by atoms with Crippen molar-refractivity contribution < 1.29 is 4.39 Å². The average Bonchev–Trinajstić information content (AvgIpc) is 2.61. The van der Waals surface area contributed by atoms with Crippen molar-refractivity contribution in [3.8, 4) is 11.3 Å². The molecule has 0 bridgehead atoms. The number of nitrogen functional groups attached to an aromatic ring is 1. The minimum atomic E-state index is -0.379. The van der Waals surface area contributed by atoms with Gasteiger partial charge in [0.05, 0.1) is 16.3 Å². The summed E-state index contributed by atoms with van der Waals surface area (Å²) in [6, 6.07) is 4.59. The van der Waals surface area contributed by atoms with Crippen LogP contribution >= 0.6 is 11.6 Å². The van der Waals surface area contributed by atoms with Crippen LogP contribution in [0.25, 0.3) is 11.3 Å². The minimum absolute atomic E-state index is 0.332. The molecule has 0 aliphatic carbocycles. The van der Waals surface area contributed by atoms with E-state index in [1.54, 1.807) is 12.1 Å². The van der Waals surface area contributed by atoms with Gasteiger partial charge in [-0.3, -0.25) is 5.10 Å². The molecule has 0 radical (unpaired) electrons. The van der Waals surface area contributed by atoms with Crippen LogP contribution in [0, 0.1) is 11.7 Å². The van der Waals surface area contributed by atoms with Gasteiger partial charge in [0.15, 0.2) is 0 Å². The Hall–Kier alpha value is -1.55.